The van der Waals surface area contributed by atoms with Crippen LogP contribution in [0.4, 0.5) is 0 Å². The van der Waals surface area contributed by atoms with Gasteiger partial charge >= 0.3 is 0 Å². The summed E-state index contributed by atoms with van der Waals surface area (Å²) in [5, 5.41) is 3.25. The number of sulfonamides is 1. The van der Waals surface area contributed by atoms with Crippen molar-refractivity contribution >= 4 is 10.0 Å². The SMILES string of the molecule is CCCN(CC)S(=O)(=O)Cc1cccc(CNCC)c1. The van der Waals surface area contributed by atoms with Crippen LogP contribution in [-0.4, -0.2) is 32.4 Å². The maximum absolute atomic E-state index is 12.4. The summed E-state index contributed by atoms with van der Waals surface area (Å²) in [4.78, 5) is 0. The molecule has 0 amide bonds. The maximum atomic E-state index is 12.4. The van der Waals surface area contributed by atoms with Gasteiger partial charge in [-0.25, -0.2) is 12.7 Å². The summed E-state index contributed by atoms with van der Waals surface area (Å²) >= 11 is 0. The van der Waals surface area contributed by atoms with Crippen molar-refractivity contribution in [3.63, 3.8) is 0 Å². The molecule has 0 atom stereocenters. The molecule has 0 aliphatic heterocycles. The first kappa shape index (κ1) is 17.1. The van der Waals surface area contributed by atoms with Crippen LogP contribution in [0, 0.1) is 0 Å². The third kappa shape index (κ3) is 5.23. The Morgan fingerprint density at radius 2 is 1.85 bits per heavy atom. The molecule has 0 aliphatic rings. The predicted molar refractivity (Wildman–Crippen MR) is 84.0 cm³/mol. The number of nitrogens with one attached hydrogen (secondary N) is 1. The van der Waals surface area contributed by atoms with Gasteiger partial charge in [0.2, 0.25) is 10.0 Å². The molecule has 20 heavy (non-hydrogen) atoms. The Morgan fingerprint density at radius 3 is 2.45 bits per heavy atom. The van der Waals surface area contributed by atoms with E-state index in [9.17, 15) is 8.42 Å². The Morgan fingerprint density at radius 1 is 1.15 bits per heavy atom. The van der Waals surface area contributed by atoms with Crippen LogP contribution in [0.15, 0.2) is 24.3 Å². The van der Waals surface area contributed by atoms with E-state index in [1.807, 2.05) is 38.1 Å². The molecule has 0 bridgehead atoms. The van der Waals surface area contributed by atoms with Gasteiger partial charge in [-0.2, -0.15) is 0 Å². The second-order valence-corrected chi connectivity index (χ2v) is 6.82. The minimum atomic E-state index is -3.21. The summed E-state index contributed by atoms with van der Waals surface area (Å²) < 4.78 is 26.3. The summed E-state index contributed by atoms with van der Waals surface area (Å²) in [5.74, 6) is 0.0841. The Balaban J connectivity index is 2.80. The van der Waals surface area contributed by atoms with Crippen LogP contribution in [0.2, 0.25) is 0 Å². The number of hydrogen-bond donors (Lipinski definition) is 1. The quantitative estimate of drug-likeness (QED) is 0.761. The molecule has 0 unspecified atom stereocenters. The lowest BCUT2D eigenvalue weighted by Crippen LogP contribution is -2.32. The lowest BCUT2D eigenvalue weighted by Gasteiger charge is -2.19. The second kappa shape index (κ2) is 8.39. The average molecular weight is 298 g/mol. The van der Waals surface area contributed by atoms with Gasteiger partial charge in [-0.05, 0) is 24.1 Å². The molecule has 0 saturated carbocycles. The summed E-state index contributed by atoms with van der Waals surface area (Å²) in [5.41, 5.74) is 1.98. The molecule has 0 aromatic heterocycles. The van der Waals surface area contributed by atoms with Gasteiger partial charge in [-0.15, -0.1) is 0 Å². The highest BCUT2D eigenvalue weighted by molar-refractivity contribution is 7.88. The molecule has 114 valence electrons. The summed E-state index contributed by atoms with van der Waals surface area (Å²) in [7, 11) is -3.21. The normalized spacial score (nSPS) is 12.0. The Kier molecular flexibility index (Phi) is 7.19. The standard InChI is InChI=1S/C15H26N2O2S/c1-4-10-17(6-3)20(18,19)13-15-9-7-8-14(11-15)12-16-5-2/h7-9,11,16H,4-6,10,12-13H2,1-3H3. The van der Waals surface area contributed by atoms with Crippen LogP contribution in [0.1, 0.15) is 38.3 Å². The molecule has 5 heteroatoms. The fourth-order valence-electron chi connectivity index (χ4n) is 2.14. The maximum Gasteiger partial charge on any atom is 0.218 e. The van der Waals surface area contributed by atoms with Gasteiger partial charge in [0.15, 0.2) is 0 Å². The van der Waals surface area contributed by atoms with Crippen molar-refractivity contribution in [1.29, 1.82) is 0 Å². The van der Waals surface area contributed by atoms with Crippen LogP contribution in [-0.2, 0) is 22.3 Å². The van der Waals surface area contributed by atoms with E-state index in [1.54, 1.807) is 4.31 Å². The topological polar surface area (TPSA) is 49.4 Å². The summed E-state index contributed by atoms with van der Waals surface area (Å²) in [6.07, 6.45) is 0.841. The van der Waals surface area contributed by atoms with Crippen LogP contribution in [0.5, 0.6) is 0 Å². The van der Waals surface area contributed by atoms with Gasteiger partial charge < -0.3 is 5.32 Å². The molecule has 0 spiro atoms. The van der Waals surface area contributed by atoms with Gasteiger partial charge in [-0.3, -0.25) is 0 Å². The van der Waals surface area contributed by atoms with E-state index in [1.165, 1.54) is 0 Å². The monoisotopic (exact) mass is 298 g/mol. The van der Waals surface area contributed by atoms with Gasteiger partial charge in [-0.1, -0.05) is 45.0 Å². The van der Waals surface area contributed by atoms with E-state index >= 15 is 0 Å². The van der Waals surface area contributed by atoms with Crippen molar-refractivity contribution < 1.29 is 8.42 Å². The Labute approximate surface area is 123 Å². The van der Waals surface area contributed by atoms with Gasteiger partial charge in [0.1, 0.15) is 0 Å². The van der Waals surface area contributed by atoms with E-state index in [2.05, 4.69) is 12.2 Å². The van der Waals surface area contributed by atoms with Crippen LogP contribution in [0.25, 0.3) is 0 Å². The van der Waals surface area contributed by atoms with Crippen molar-refractivity contribution in [3.8, 4) is 0 Å². The van der Waals surface area contributed by atoms with Crippen LogP contribution < -0.4 is 5.32 Å². The lowest BCUT2D eigenvalue weighted by molar-refractivity contribution is 0.426. The van der Waals surface area contributed by atoms with Crippen LogP contribution in [0.3, 0.4) is 0 Å². The molecule has 4 nitrogen and oxygen atoms in total. The Bertz CT molecular complexity index is 500. The molecular weight excluding hydrogens is 272 g/mol. The van der Waals surface area contributed by atoms with E-state index in [4.69, 9.17) is 0 Å². The van der Waals surface area contributed by atoms with Gasteiger partial charge in [0, 0.05) is 19.6 Å². The fourth-order valence-corrected chi connectivity index (χ4v) is 3.78. The number of nitrogens with zero attached hydrogens (tertiary/aromatic N) is 1. The third-order valence-electron chi connectivity index (χ3n) is 3.14. The first-order valence-electron chi connectivity index (χ1n) is 7.29. The van der Waals surface area contributed by atoms with E-state index in [-0.39, 0.29) is 5.75 Å². The smallest absolute Gasteiger partial charge is 0.218 e. The molecule has 1 N–H and O–H groups in total. The van der Waals surface area contributed by atoms with E-state index in [0.717, 1.165) is 30.6 Å². The minimum absolute atomic E-state index is 0.0841. The van der Waals surface area contributed by atoms with E-state index < -0.39 is 10.0 Å². The van der Waals surface area contributed by atoms with Crippen LogP contribution >= 0.6 is 0 Å². The zero-order valence-electron chi connectivity index (χ0n) is 12.7. The number of rotatable bonds is 9. The minimum Gasteiger partial charge on any atom is -0.313 e. The third-order valence-corrected chi connectivity index (χ3v) is 5.06. The van der Waals surface area contributed by atoms with Crippen molar-refractivity contribution in [2.24, 2.45) is 0 Å². The Hall–Kier alpha value is -0.910. The molecule has 0 saturated heterocycles. The molecule has 1 aromatic carbocycles. The molecule has 0 heterocycles. The zero-order valence-corrected chi connectivity index (χ0v) is 13.5. The average Bonchev–Trinajstić information content (AvgIpc) is 2.42. The van der Waals surface area contributed by atoms with Crippen molar-refractivity contribution in [2.45, 2.75) is 39.5 Å². The summed E-state index contributed by atoms with van der Waals surface area (Å²) in [6.45, 7) is 8.74. The molecule has 1 rings (SSSR count). The highest BCUT2D eigenvalue weighted by Crippen LogP contribution is 2.13. The lowest BCUT2D eigenvalue weighted by atomic mass is 10.1. The first-order chi connectivity index (χ1) is 9.53. The van der Waals surface area contributed by atoms with E-state index in [0.29, 0.717) is 13.1 Å². The molecule has 0 aliphatic carbocycles. The highest BCUT2D eigenvalue weighted by Gasteiger charge is 2.20. The predicted octanol–water partition coefficient (Wildman–Crippen LogP) is 2.36. The first-order valence-corrected chi connectivity index (χ1v) is 8.90. The molecule has 0 fully saturated rings. The van der Waals surface area contributed by atoms with Crippen molar-refractivity contribution in [3.05, 3.63) is 35.4 Å². The van der Waals surface area contributed by atoms with Crippen molar-refractivity contribution in [1.82, 2.24) is 9.62 Å². The second-order valence-electron chi connectivity index (χ2n) is 4.85. The number of hydrogen-bond acceptors (Lipinski definition) is 3. The zero-order chi connectivity index (χ0) is 15.0. The molecular formula is C15H26N2O2S. The van der Waals surface area contributed by atoms with Gasteiger partial charge in [0.05, 0.1) is 5.75 Å². The highest BCUT2D eigenvalue weighted by atomic mass is 32.2. The fraction of sp³-hybridized carbons (Fsp3) is 0.600. The summed E-state index contributed by atoms with van der Waals surface area (Å²) in [6, 6.07) is 7.79. The molecule has 0 radical (unpaired) electrons. The van der Waals surface area contributed by atoms with Crippen molar-refractivity contribution in [2.75, 3.05) is 19.6 Å². The number of benzene rings is 1. The largest absolute Gasteiger partial charge is 0.313 e. The molecule has 1 aromatic rings. The van der Waals surface area contributed by atoms with Gasteiger partial charge in [0.25, 0.3) is 0 Å².